The molecule has 11 heteroatoms. The van der Waals surface area contributed by atoms with Gasteiger partial charge in [0.2, 0.25) is 11.9 Å². The van der Waals surface area contributed by atoms with Crippen LogP contribution in [0.3, 0.4) is 0 Å². The lowest BCUT2D eigenvalue weighted by atomic mass is 10.2. The summed E-state index contributed by atoms with van der Waals surface area (Å²) in [7, 11) is 0. The first kappa shape index (κ1) is 25.0. The van der Waals surface area contributed by atoms with Crippen molar-refractivity contribution in [3.63, 3.8) is 0 Å². The zero-order valence-electron chi connectivity index (χ0n) is 20.9. The average molecular weight is 515 g/mol. The van der Waals surface area contributed by atoms with Crippen molar-refractivity contribution in [1.82, 2.24) is 24.4 Å². The Morgan fingerprint density at radius 2 is 1.92 bits per heavy atom. The van der Waals surface area contributed by atoms with Crippen LogP contribution < -0.4 is 21.1 Å². The van der Waals surface area contributed by atoms with Gasteiger partial charge < -0.3 is 20.4 Å². The van der Waals surface area contributed by atoms with Gasteiger partial charge in [-0.2, -0.15) is 9.97 Å². The number of hydrogen-bond donors (Lipinski definition) is 2. The molecule has 2 aromatic heterocycles. The van der Waals surface area contributed by atoms with E-state index in [4.69, 9.17) is 0 Å². The minimum absolute atomic E-state index is 0.191. The zero-order chi connectivity index (χ0) is 26.6. The second-order valence-electron chi connectivity index (χ2n) is 8.81. The van der Waals surface area contributed by atoms with Gasteiger partial charge in [0, 0.05) is 43.8 Å². The summed E-state index contributed by atoms with van der Waals surface area (Å²) in [5.74, 6) is -0.489. The number of piperazine rings is 1. The van der Waals surface area contributed by atoms with Crippen LogP contribution in [-0.2, 0) is 4.79 Å². The van der Waals surface area contributed by atoms with E-state index in [-0.39, 0.29) is 23.1 Å². The molecule has 0 radical (unpaired) electrons. The molecule has 4 aromatic rings. The molecule has 1 saturated heterocycles. The Labute approximate surface area is 218 Å². The number of likely N-dealkylation sites (N-methyl/N-ethyl adjacent to an activating group) is 1. The Morgan fingerprint density at radius 3 is 2.66 bits per heavy atom. The molecule has 0 unspecified atom stereocenters. The summed E-state index contributed by atoms with van der Waals surface area (Å²) < 4.78 is 16.7. The topological polar surface area (TPSA) is 108 Å². The Kier molecular flexibility index (Phi) is 7.09. The maximum absolute atomic E-state index is 15.0. The van der Waals surface area contributed by atoms with Gasteiger partial charge in [-0.05, 0) is 49.0 Å². The SMILES string of the molecule is C=CC(=O)Nc1cccc(-n2cnc(=O)c3cnc(Nc4ccc(N5CCN(CC)CC5)c(F)c4)nc32)c1. The molecule has 0 spiro atoms. The Balaban J connectivity index is 1.43. The van der Waals surface area contributed by atoms with E-state index >= 15 is 4.39 Å². The maximum atomic E-state index is 15.0. The van der Waals surface area contributed by atoms with Crippen molar-refractivity contribution in [1.29, 1.82) is 0 Å². The zero-order valence-corrected chi connectivity index (χ0v) is 20.9. The molecule has 2 aromatic carbocycles. The fourth-order valence-corrected chi connectivity index (χ4v) is 4.39. The van der Waals surface area contributed by atoms with Crippen LogP contribution in [0.1, 0.15) is 6.92 Å². The highest BCUT2D eigenvalue weighted by Crippen LogP contribution is 2.26. The number of nitrogens with zero attached hydrogens (tertiary/aromatic N) is 6. The van der Waals surface area contributed by atoms with Crippen molar-refractivity contribution < 1.29 is 9.18 Å². The van der Waals surface area contributed by atoms with E-state index in [0.717, 1.165) is 32.7 Å². The van der Waals surface area contributed by atoms with Gasteiger partial charge in [0.05, 0.1) is 11.4 Å². The molecule has 1 fully saturated rings. The smallest absolute Gasteiger partial charge is 0.283 e. The van der Waals surface area contributed by atoms with E-state index in [9.17, 15) is 9.59 Å². The number of carbonyl (C=O) groups excluding carboxylic acids is 1. The first-order chi connectivity index (χ1) is 18.4. The molecule has 1 amide bonds. The third-order valence-corrected chi connectivity index (χ3v) is 6.46. The Bertz CT molecular complexity index is 1560. The molecule has 10 nitrogen and oxygen atoms in total. The van der Waals surface area contributed by atoms with E-state index in [0.29, 0.717) is 28.4 Å². The van der Waals surface area contributed by atoms with Crippen LogP contribution in [0.5, 0.6) is 0 Å². The highest BCUT2D eigenvalue weighted by atomic mass is 19.1. The highest BCUT2D eigenvalue weighted by Gasteiger charge is 2.19. The first-order valence-electron chi connectivity index (χ1n) is 12.3. The van der Waals surface area contributed by atoms with Crippen molar-refractivity contribution >= 4 is 40.0 Å². The van der Waals surface area contributed by atoms with Crippen molar-refractivity contribution in [3.8, 4) is 5.69 Å². The molecule has 1 aliphatic heterocycles. The highest BCUT2D eigenvalue weighted by molar-refractivity contribution is 5.99. The van der Waals surface area contributed by atoms with Crippen molar-refractivity contribution in [2.75, 3.05) is 48.3 Å². The normalized spacial score (nSPS) is 13.9. The number of fused-ring (bicyclic) bond motifs is 1. The van der Waals surface area contributed by atoms with Gasteiger partial charge in [-0.25, -0.2) is 9.37 Å². The van der Waals surface area contributed by atoms with E-state index in [1.165, 1.54) is 24.7 Å². The number of aromatic nitrogens is 4. The van der Waals surface area contributed by atoms with Gasteiger partial charge >= 0.3 is 0 Å². The van der Waals surface area contributed by atoms with Gasteiger partial charge in [0.25, 0.3) is 5.56 Å². The molecule has 38 heavy (non-hydrogen) atoms. The van der Waals surface area contributed by atoms with E-state index < -0.39 is 5.56 Å². The quantitative estimate of drug-likeness (QED) is 0.362. The summed E-state index contributed by atoms with van der Waals surface area (Å²) in [6.07, 6.45) is 3.93. The number of benzene rings is 2. The Hall–Kier alpha value is -4.64. The number of rotatable bonds is 7. The monoisotopic (exact) mass is 514 g/mol. The minimum Gasteiger partial charge on any atom is -0.367 e. The van der Waals surface area contributed by atoms with Gasteiger partial charge in [-0.1, -0.05) is 19.6 Å². The van der Waals surface area contributed by atoms with Gasteiger partial charge in [0.15, 0.2) is 5.65 Å². The summed E-state index contributed by atoms with van der Waals surface area (Å²) >= 11 is 0. The number of carbonyl (C=O) groups is 1. The van der Waals surface area contributed by atoms with Crippen LogP contribution in [0.2, 0.25) is 0 Å². The van der Waals surface area contributed by atoms with Crippen LogP contribution in [0.15, 0.2) is 72.4 Å². The van der Waals surface area contributed by atoms with Crippen LogP contribution in [0.25, 0.3) is 16.7 Å². The molecule has 194 valence electrons. The number of hydrogen-bond acceptors (Lipinski definition) is 8. The fourth-order valence-electron chi connectivity index (χ4n) is 4.39. The predicted molar refractivity (Wildman–Crippen MR) is 146 cm³/mol. The van der Waals surface area contributed by atoms with Gasteiger partial charge in [0.1, 0.15) is 17.5 Å². The lowest BCUT2D eigenvalue weighted by Gasteiger charge is -2.35. The molecule has 0 bridgehead atoms. The number of anilines is 4. The number of nitrogens with one attached hydrogen (secondary N) is 2. The molecule has 2 N–H and O–H groups in total. The van der Waals surface area contributed by atoms with Gasteiger partial charge in [-0.15, -0.1) is 0 Å². The van der Waals surface area contributed by atoms with Crippen LogP contribution in [0.4, 0.5) is 27.4 Å². The summed E-state index contributed by atoms with van der Waals surface area (Å²) in [6, 6.07) is 11.9. The van der Waals surface area contributed by atoms with Gasteiger partial charge in [-0.3, -0.25) is 14.2 Å². The molecule has 5 rings (SSSR count). The molecular formula is C27H27FN8O2. The number of amides is 1. The standard InChI is InChI=1S/C27H27FN8O2/c1-3-24(37)31-18-6-5-7-20(14-18)36-17-30-26(38)21-16-29-27(33-25(21)36)32-19-8-9-23(22(28)15-19)35-12-10-34(4-2)11-13-35/h3,5-9,14-17H,1,4,10-13H2,2H3,(H,31,37)(H,29,32,33). The van der Waals surface area contributed by atoms with E-state index in [1.807, 2.05) is 0 Å². The third kappa shape index (κ3) is 5.23. The van der Waals surface area contributed by atoms with E-state index in [2.05, 4.69) is 48.9 Å². The van der Waals surface area contributed by atoms with E-state index in [1.54, 1.807) is 41.0 Å². The summed E-state index contributed by atoms with van der Waals surface area (Å²) in [6.45, 7) is 9.93. The molecule has 3 heterocycles. The van der Waals surface area contributed by atoms with Crippen LogP contribution in [-0.4, -0.2) is 63.0 Å². The number of halogens is 1. The third-order valence-electron chi connectivity index (χ3n) is 6.46. The second-order valence-corrected chi connectivity index (χ2v) is 8.81. The van der Waals surface area contributed by atoms with Crippen molar-refractivity contribution in [2.45, 2.75) is 6.92 Å². The molecule has 0 aliphatic carbocycles. The lowest BCUT2D eigenvalue weighted by Crippen LogP contribution is -2.46. The van der Waals surface area contributed by atoms with Crippen LogP contribution in [0, 0.1) is 5.82 Å². The van der Waals surface area contributed by atoms with Crippen molar-refractivity contribution in [3.05, 3.63) is 83.8 Å². The maximum Gasteiger partial charge on any atom is 0.283 e. The minimum atomic E-state index is -0.475. The molecular weight excluding hydrogens is 487 g/mol. The van der Waals surface area contributed by atoms with Crippen LogP contribution >= 0.6 is 0 Å². The average Bonchev–Trinajstić information content (AvgIpc) is 2.93. The first-order valence-corrected chi connectivity index (χ1v) is 12.3. The summed E-state index contributed by atoms with van der Waals surface area (Å²) in [4.78, 5) is 41.2. The fraction of sp³-hybridized carbons (Fsp3) is 0.222. The summed E-state index contributed by atoms with van der Waals surface area (Å²) in [5, 5.41) is 5.95. The Morgan fingerprint density at radius 1 is 1.11 bits per heavy atom. The lowest BCUT2D eigenvalue weighted by molar-refractivity contribution is -0.111. The largest absolute Gasteiger partial charge is 0.367 e. The molecule has 0 atom stereocenters. The predicted octanol–water partition coefficient (Wildman–Crippen LogP) is 3.32. The van der Waals surface area contributed by atoms with Crippen molar-refractivity contribution in [2.24, 2.45) is 0 Å². The second kappa shape index (κ2) is 10.8. The summed E-state index contributed by atoms with van der Waals surface area (Å²) in [5.41, 5.74) is 2.04. The molecule has 0 saturated carbocycles. The molecule has 1 aliphatic rings.